The molecule has 1 saturated carbocycles. The van der Waals surface area contributed by atoms with Crippen LogP contribution in [0.3, 0.4) is 0 Å². The summed E-state index contributed by atoms with van der Waals surface area (Å²) >= 11 is 0. The number of anilines is 1. The first-order valence-electron chi connectivity index (χ1n) is 7.09. The van der Waals surface area contributed by atoms with Gasteiger partial charge in [-0.05, 0) is 31.7 Å². The molecule has 1 fully saturated rings. The van der Waals surface area contributed by atoms with Gasteiger partial charge >= 0.3 is 0 Å². The lowest BCUT2D eigenvalue weighted by molar-refractivity contribution is 0.0681. The zero-order valence-corrected chi connectivity index (χ0v) is 12.5. The molecule has 20 heavy (non-hydrogen) atoms. The van der Waals surface area contributed by atoms with Crippen molar-refractivity contribution in [1.29, 1.82) is 0 Å². The van der Waals surface area contributed by atoms with Crippen LogP contribution in [0, 0.1) is 12.8 Å². The largest absolute Gasteiger partial charge is 0.387 e. The highest BCUT2D eigenvalue weighted by atomic mass is 16.5. The van der Waals surface area contributed by atoms with Crippen molar-refractivity contribution in [1.82, 2.24) is 9.88 Å². The minimum absolute atomic E-state index is 0.0307. The van der Waals surface area contributed by atoms with Gasteiger partial charge in [0, 0.05) is 39.1 Å². The Labute approximate surface area is 120 Å². The van der Waals surface area contributed by atoms with Crippen molar-refractivity contribution in [3.63, 3.8) is 0 Å². The van der Waals surface area contributed by atoms with Gasteiger partial charge in [0.1, 0.15) is 0 Å². The van der Waals surface area contributed by atoms with E-state index >= 15 is 0 Å². The molecule has 1 N–H and O–H groups in total. The van der Waals surface area contributed by atoms with Crippen molar-refractivity contribution in [2.45, 2.75) is 19.8 Å². The highest BCUT2D eigenvalue weighted by molar-refractivity contribution is 5.99. The molecule has 0 aliphatic heterocycles. The third-order valence-corrected chi connectivity index (χ3v) is 3.51. The third kappa shape index (κ3) is 3.93. The summed E-state index contributed by atoms with van der Waals surface area (Å²) in [5, 5.41) is 3.04. The van der Waals surface area contributed by atoms with Crippen LogP contribution in [0.2, 0.25) is 0 Å². The lowest BCUT2D eigenvalue weighted by Gasteiger charge is -2.19. The molecule has 5 heteroatoms. The Morgan fingerprint density at radius 1 is 1.55 bits per heavy atom. The minimum atomic E-state index is -0.0307. The van der Waals surface area contributed by atoms with E-state index in [2.05, 4.69) is 10.3 Å². The summed E-state index contributed by atoms with van der Waals surface area (Å²) in [6, 6.07) is 1.88. The average Bonchev–Trinajstić information content (AvgIpc) is 3.26. The average molecular weight is 277 g/mol. The van der Waals surface area contributed by atoms with E-state index in [1.165, 1.54) is 12.8 Å². The van der Waals surface area contributed by atoms with Gasteiger partial charge in [-0.1, -0.05) is 0 Å². The molecule has 0 unspecified atom stereocenters. The molecule has 110 valence electrons. The first-order chi connectivity index (χ1) is 9.61. The van der Waals surface area contributed by atoms with Gasteiger partial charge in [-0.25, -0.2) is 0 Å². The summed E-state index contributed by atoms with van der Waals surface area (Å²) in [4.78, 5) is 18.2. The lowest BCUT2D eigenvalue weighted by atomic mass is 10.2. The molecule has 1 aliphatic rings. The SMILES string of the molecule is CNc1cc(C)ncc1C(=O)N(C)CCOCC1CC1. The highest BCUT2D eigenvalue weighted by Crippen LogP contribution is 2.28. The maximum absolute atomic E-state index is 12.4. The number of rotatable bonds is 7. The van der Waals surface area contributed by atoms with Crippen LogP contribution in [0.5, 0.6) is 0 Å². The standard InChI is InChI=1S/C15H23N3O2/c1-11-8-14(16-2)13(9-17-11)15(19)18(3)6-7-20-10-12-4-5-12/h8-9,12H,4-7,10H2,1-3H3,(H,16,17). The number of pyridine rings is 1. The molecule has 0 saturated heterocycles. The molecular weight excluding hydrogens is 254 g/mol. The lowest BCUT2D eigenvalue weighted by Crippen LogP contribution is -2.31. The molecular formula is C15H23N3O2. The molecule has 0 aromatic carbocycles. The number of hydrogen-bond donors (Lipinski definition) is 1. The van der Waals surface area contributed by atoms with E-state index in [0.29, 0.717) is 18.7 Å². The number of carbonyl (C=O) groups excluding carboxylic acids is 1. The Kier molecular flexibility index (Phi) is 4.95. The molecule has 0 atom stereocenters. The van der Waals surface area contributed by atoms with E-state index in [-0.39, 0.29) is 5.91 Å². The summed E-state index contributed by atoms with van der Waals surface area (Å²) in [5.74, 6) is 0.727. The third-order valence-electron chi connectivity index (χ3n) is 3.51. The number of aromatic nitrogens is 1. The van der Waals surface area contributed by atoms with Gasteiger partial charge in [0.25, 0.3) is 5.91 Å². The quantitative estimate of drug-likeness (QED) is 0.774. The van der Waals surface area contributed by atoms with Gasteiger partial charge in [-0.3, -0.25) is 9.78 Å². The number of ether oxygens (including phenoxy) is 1. The second-order valence-corrected chi connectivity index (χ2v) is 5.37. The maximum atomic E-state index is 12.4. The summed E-state index contributed by atoms with van der Waals surface area (Å²) < 4.78 is 5.56. The first kappa shape index (κ1) is 14.8. The normalized spacial score (nSPS) is 14.2. The van der Waals surface area contributed by atoms with Gasteiger partial charge in [-0.15, -0.1) is 0 Å². The molecule has 1 heterocycles. The van der Waals surface area contributed by atoms with E-state index < -0.39 is 0 Å². The van der Waals surface area contributed by atoms with Gasteiger partial charge < -0.3 is 15.0 Å². The van der Waals surface area contributed by atoms with E-state index in [1.54, 1.807) is 18.1 Å². The van der Waals surface area contributed by atoms with Gasteiger partial charge in [0.05, 0.1) is 17.9 Å². The Hall–Kier alpha value is -1.62. The van der Waals surface area contributed by atoms with Gasteiger partial charge in [0.2, 0.25) is 0 Å². The van der Waals surface area contributed by atoms with Crippen LogP contribution in [0.1, 0.15) is 28.9 Å². The number of aryl methyl sites for hydroxylation is 1. The van der Waals surface area contributed by atoms with Crippen molar-refractivity contribution < 1.29 is 9.53 Å². The second-order valence-electron chi connectivity index (χ2n) is 5.37. The van der Waals surface area contributed by atoms with Crippen LogP contribution in [0.25, 0.3) is 0 Å². The monoisotopic (exact) mass is 277 g/mol. The summed E-state index contributed by atoms with van der Waals surface area (Å²) in [6.07, 6.45) is 4.20. The van der Waals surface area contributed by atoms with Crippen LogP contribution < -0.4 is 5.32 Å². The molecule has 5 nitrogen and oxygen atoms in total. The maximum Gasteiger partial charge on any atom is 0.257 e. The van der Waals surface area contributed by atoms with Crippen LogP contribution in [0.4, 0.5) is 5.69 Å². The highest BCUT2D eigenvalue weighted by Gasteiger charge is 2.21. The number of carbonyl (C=O) groups is 1. The Balaban J connectivity index is 1.88. The van der Waals surface area contributed by atoms with Crippen LogP contribution in [-0.4, -0.2) is 49.6 Å². The van der Waals surface area contributed by atoms with Gasteiger partial charge in [0.15, 0.2) is 0 Å². The van der Waals surface area contributed by atoms with Crippen molar-refractivity contribution in [3.05, 3.63) is 23.5 Å². The number of nitrogens with one attached hydrogen (secondary N) is 1. The predicted octanol–water partition coefficient (Wildman–Crippen LogP) is 1.93. The number of hydrogen-bond acceptors (Lipinski definition) is 4. The van der Waals surface area contributed by atoms with Crippen molar-refractivity contribution in [2.24, 2.45) is 5.92 Å². The van der Waals surface area contributed by atoms with Crippen molar-refractivity contribution >= 4 is 11.6 Å². The summed E-state index contributed by atoms with van der Waals surface area (Å²) in [7, 11) is 3.60. The Morgan fingerprint density at radius 2 is 2.30 bits per heavy atom. The smallest absolute Gasteiger partial charge is 0.257 e. The number of amides is 1. The molecule has 0 spiro atoms. The molecule has 1 aromatic heterocycles. The number of likely N-dealkylation sites (N-methyl/N-ethyl adjacent to an activating group) is 1. The van der Waals surface area contributed by atoms with E-state index in [4.69, 9.17) is 4.74 Å². The molecule has 0 bridgehead atoms. The van der Waals surface area contributed by atoms with Crippen molar-refractivity contribution in [3.8, 4) is 0 Å². The molecule has 0 radical (unpaired) electrons. The van der Waals surface area contributed by atoms with Crippen LogP contribution in [-0.2, 0) is 4.74 Å². The zero-order valence-electron chi connectivity index (χ0n) is 12.5. The van der Waals surface area contributed by atoms with E-state index in [1.807, 2.05) is 20.0 Å². The molecule has 1 aliphatic carbocycles. The zero-order chi connectivity index (χ0) is 14.5. The fraction of sp³-hybridized carbons (Fsp3) is 0.600. The number of nitrogens with zero attached hydrogens (tertiary/aromatic N) is 2. The second kappa shape index (κ2) is 6.70. The fourth-order valence-electron chi connectivity index (χ4n) is 1.98. The molecule has 1 aromatic rings. The summed E-state index contributed by atoms with van der Waals surface area (Å²) in [6.45, 7) is 3.93. The van der Waals surface area contributed by atoms with E-state index in [9.17, 15) is 4.79 Å². The fourth-order valence-corrected chi connectivity index (χ4v) is 1.98. The predicted molar refractivity (Wildman–Crippen MR) is 79.0 cm³/mol. The minimum Gasteiger partial charge on any atom is -0.387 e. The van der Waals surface area contributed by atoms with Crippen LogP contribution in [0.15, 0.2) is 12.3 Å². The molecule has 2 rings (SSSR count). The molecule has 1 amide bonds. The first-order valence-corrected chi connectivity index (χ1v) is 7.09. The Morgan fingerprint density at radius 3 is 2.95 bits per heavy atom. The van der Waals surface area contributed by atoms with Crippen LogP contribution >= 0.6 is 0 Å². The Bertz CT molecular complexity index is 472. The van der Waals surface area contributed by atoms with E-state index in [0.717, 1.165) is 23.9 Å². The van der Waals surface area contributed by atoms with Crippen molar-refractivity contribution in [2.75, 3.05) is 39.2 Å². The topological polar surface area (TPSA) is 54.5 Å². The summed E-state index contributed by atoms with van der Waals surface area (Å²) in [5.41, 5.74) is 2.30. The van der Waals surface area contributed by atoms with Gasteiger partial charge in [-0.2, -0.15) is 0 Å².